The van der Waals surface area contributed by atoms with Crippen LogP contribution in [0.2, 0.25) is 0 Å². The zero-order valence-electron chi connectivity index (χ0n) is 16.4. The molecule has 0 radical (unpaired) electrons. The van der Waals surface area contributed by atoms with Crippen molar-refractivity contribution < 1.29 is 0 Å². The van der Waals surface area contributed by atoms with E-state index < -0.39 is 0 Å². The Labute approximate surface area is 168 Å². The number of nitrogens with zero attached hydrogens (tertiary/aromatic N) is 3. The fraction of sp³-hybridized carbons (Fsp3) is 0.565. The van der Waals surface area contributed by atoms with Crippen LogP contribution in [0.5, 0.6) is 0 Å². The third-order valence-electron chi connectivity index (χ3n) is 6.22. The molecule has 146 valence electrons. The highest BCUT2D eigenvalue weighted by molar-refractivity contribution is 7.09. The van der Waals surface area contributed by atoms with Crippen molar-refractivity contribution in [2.75, 3.05) is 45.8 Å². The lowest BCUT2D eigenvalue weighted by Crippen LogP contribution is -2.46. The van der Waals surface area contributed by atoms with Crippen molar-refractivity contribution in [1.82, 2.24) is 14.7 Å². The Hall–Kier alpha value is -1.20. The lowest BCUT2D eigenvalue weighted by Gasteiger charge is -2.38. The zero-order chi connectivity index (χ0) is 18.3. The Morgan fingerprint density at radius 1 is 0.815 bits per heavy atom. The number of hydrogen-bond donors (Lipinski definition) is 0. The second-order valence-corrected chi connectivity index (χ2v) is 9.09. The molecule has 1 aromatic heterocycles. The summed E-state index contributed by atoms with van der Waals surface area (Å²) in [6, 6.07) is 16.2. The molecule has 0 spiro atoms. The minimum absolute atomic E-state index is 0.805. The standard InChI is InChI=1S/C23H33N3S/c1-2-6-21(7-3-1)9-14-24-15-10-22(11-16-24)26-13-5-12-25(17-18-26)20-23-8-4-19-27-23/h1-4,6-8,19,22H,5,9-18,20H2. The molecule has 0 aliphatic carbocycles. The Balaban J connectivity index is 1.19. The highest BCUT2D eigenvalue weighted by Gasteiger charge is 2.26. The summed E-state index contributed by atoms with van der Waals surface area (Å²) < 4.78 is 0. The van der Waals surface area contributed by atoms with Gasteiger partial charge in [0.05, 0.1) is 0 Å². The maximum atomic E-state index is 2.79. The van der Waals surface area contributed by atoms with Crippen LogP contribution >= 0.6 is 11.3 Å². The van der Waals surface area contributed by atoms with E-state index in [2.05, 4.69) is 62.5 Å². The minimum Gasteiger partial charge on any atom is -0.303 e. The van der Waals surface area contributed by atoms with Crippen molar-refractivity contribution in [3.63, 3.8) is 0 Å². The summed E-state index contributed by atoms with van der Waals surface area (Å²) in [6.07, 6.45) is 5.20. The molecule has 2 aliphatic heterocycles. The van der Waals surface area contributed by atoms with Crippen molar-refractivity contribution in [2.45, 2.75) is 38.3 Å². The van der Waals surface area contributed by atoms with E-state index in [0.717, 1.165) is 12.6 Å². The van der Waals surface area contributed by atoms with E-state index in [1.54, 1.807) is 0 Å². The van der Waals surface area contributed by atoms with Gasteiger partial charge in [0.15, 0.2) is 0 Å². The molecule has 0 unspecified atom stereocenters. The second-order valence-electron chi connectivity index (χ2n) is 8.05. The van der Waals surface area contributed by atoms with Gasteiger partial charge in [-0.05, 0) is 68.9 Å². The molecule has 0 bridgehead atoms. The SMILES string of the molecule is c1ccc(CCN2CCC(N3CCCN(Cc4cccs4)CC3)CC2)cc1. The molecule has 2 fully saturated rings. The van der Waals surface area contributed by atoms with E-state index in [4.69, 9.17) is 0 Å². The average molecular weight is 384 g/mol. The van der Waals surface area contributed by atoms with Gasteiger partial charge in [-0.15, -0.1) is 11.3 Å². The topological polar surface area (TPSA) is 9.72 Å². The van der Waals surface area contributed by atoms with Crippen molar-refractivity contribution >= 4 is 11.3 Å². The normalized spacial score (nSPS) is 21.3. The summed E-state index contributed by atoms with van der Waals surface area (Å²) >= 11 is 1.89. The van der Waals surface area contributed by atoms with E-state index in [0.29, 0.717) is 0 Å². The van der Waals surface area contributed by atoms with Gasteiger partial charge in [-0.2, -0.15) is 0 Å². The van der Waals surface area contributed by atoms with Gasteiger partial charge < -0.3 is 4.90 Å². The Kier molecular flexibility index (Phi) is 6.97. The first kappa shape index (κ1) is 19.1. The van der Waals surface area contributed by atoms with Crippen molar-refractivity contribution in [3.8, 4) is 0 Å². The van der Waals surface area contributed by atoms with Crippen LogP contribution in [0, 0.1) is 0 Å². The summed E-state index contributed by atoms with van der Waals surface area (Å²) in [7, 11) is 0. The molecule has 0 N–H and O–H groups in total. The first-order valence-corrected chi connectivity index (χ1v) is 11.5. The maximum Gasteiger partial charge on any atom is 0.0328 e. The molecule has 3 heterocycles. The van der Waals surface area contributed by atoms with Gasteiger partial charge in [0.25, 0.3) is 0 Å². The highest BCUT2D eigenvalue weighted by atomic mass is 32.1. The molecule has 0 atom stereocenters. The van der Waals surface area contributed by atoms with Crippen LogP contribution in [0.4, 0.5) is 0 Å². The first-order chi connectivity index (χ1) is 13.4. The number of hydrogen-bond acceptors (Lipinski definition) is 4. The van der Waals surface area contributed by atoms with Crippen LogP contribution in [0.15, 0.2) is 47.8 Å². The zero-order valence-corrected chi connectivity index (χ0v) is 17.2. The van der Waals surface area contributed by atoms with Gasteiger partial charge >= 0.3 is 0 Å². The fourth-order valence-corrected chi connectivity index (χ4v) is 5.32. The lowest BCUT2D eigenvalue weighted by molar-refractivity contribution is 0.111. The molecule has 2 aliphatic rings. The van der Waals surface area contributed by atoms with Gasteiger partial charge in [0, 0.05) is 37.1 Å². The van der Waals surface area contributed by atoms with E-state index >= 15 is 0 Å². The predicted octanol–water partition coefficient (Wildman–Crippen LogP) is 3.96. The third-order valence-corrected chi connectivity index (χ3v) is 7.08. The quantitative estimate of drug-likeness (QED) is 0.747. The predicted molar refractivity (Wildman–Crippen MR) is 115 cm³/mol. The molecule has 0 amide bonds. The number of piperidine rings is 1. The first-order valence-electron chi connectivity index (χ1n) is 10.6. The fourth-order valence-electron chi connectivity index (χ4n) is 4.58. The Morgan fingerprint density at radius 2 is 1.67 bits per heavy atom. The Bertz CT molecular complexity index is 650. The van der Waals surface area contributed by atoms with Crippen LogP contribution in [-0.4, -0.2) is 66.6 Å². The largest absolute Gasteiger partial charge is 0.303 e. The van der Waals surface area contributed by atoms with Gasteiger partial charge in [-0.25, -0.2) is 0 Å². The molecule has 4 rings (SSSR count). The molecular formula is C23H33N3S. The van der Waals surface area contributed by atoms with Crippen molar-refractivity contribution in [3.05, 3.63) is 58.3 Å². The number of rotatable bonds is 6. The van der Waals surface area contributed by atoms with Crippen molar-refractivity contribution in [2.24, 2.45) is 0 Å². The summed E-state index contributed by atoms with van der Waals surface area (Å²) in [4.78, 5) is 9.63. The minimum atomic E-state index is 0.805. The van der Waals surface area contributed by atoms with Crippen molar-refractivity contribution in [1.29, 1.82) is 0 Å². The summed E-state index contributed by atoms with van der Waals surface area (Å²) in [5.41, 5.74) is 1.47. The van der Waals surface area contributed by atoms with E-state index in [-0.39, 0.29) is 0 Å². The maximum absolute atomic E-state index is 2.79. The third kappa shape index (κ3) is 5.64. The van der Waals surface area contributed by atoms with Crippen LogP contribution in [0.3, 0.4) is 0 Å². The molecule has 27 heavy (non-hydrogen) atoms. The second kappa shape index (κ2) is 9.83. The van der Waals surface area contributed by atoms with Crippen LogP contribution in [0.25, 0.3) is 0 Å². The lowest BCUT2D eigenvalue weighted by atomic mass is 10.0. The number of thiophene rings is 1. The monoisotopic (exact) mass is 383 g/mol. The summed E-state index contributed by atoms with van der Waals surface area (Å²) in [5, 5.41) is 2.20. The molecular weight excluding hydrogens is 350 g/mol. The number of likely N-dealkylation sites (tertiary alicyclic amines) is 1. The molecule has 0 saturated carbocycles. The van der Waals surface area contributed by atoms with Crippen LogP contribution < -0.4 is 0 Å². The van der Waals surface area contributed by atoms with Gasteiger partial charge in [-0.3, -0.25) is 9.80 Å². The average Bonchev–Trinajstić information content (AvgIpc) is 3.12. The molecule has 1 aromatic carbocycles. The summed E-state index contributed by atoms with van der Waals surface area (Å²) in [5.74, 6) is 0. The van der Waals surface area contributed by atoms with Gasteiger partial charge in [-0.1, -0.05) is 36.4 Å². The smallest absolute Gasteiger partial charge is 0.0328 e. The van der Waals surface area contributed by atoms with E-state index in [1.165, 1.54) is 81.9 Å². The Morgan fingerprint density at radius 3 is 2.44 bits per heavy atom. The molecule has 2 saturated heterocycles. The van der Waals surface area contributed by atoms with Gasteiger partial charge in [0.1, 0.15) is 0 Å². The molecule has 3 nitrogen and oxygen atoms in total. The van der Waals surface area contributed by atoms with E-state index in [1.807, 2.05) is 11.3 Å². The van der Waals surface area contributed by atoms with Crippen LogP contribution in [0.1, 0.15) is 29.7 Å². The highest BCUT2D eigenvalue weighted by Crippen LogP contribution is 2.20. The molecule has 2 aromatic rings. The molecule has 4 heteroatoms. The van der Waals surface area contributed by atoms with E-state index in [9.17, 15) is 0 Å². The van der Waals surface area contributed by atoms with Gasteiger partial charge in [0.2, 0.25) is 0 Å². The summed E-state index contributed by atoms with van der Waals surface area (Å²) in [6.45, 7) is 9.92. The van der Waals surface area contributed by atoms with Crippen LogP contribution in [-0.2, 0) is 13.0 Å². The number of benzene rings is 1.